The molecule has 1 aliphatic rings. The molecule has 2 heteroatoms. The van der Waals surface area contributed by atoms with Gasteiger partial charge in [0.2, 0.25) is 5.90 Å². The minimum absolute atomic E-state index is 0.105. The lowest BCUT2D eigenvalue weighted by Crippen LogP contribution is -2.16. The summed E-state index contributed by atoms with van der Waals surface area (Å²) in [6, 6.07) is 18.2. The van der Waals surface area contributed by atoms with Gasteiger partial charge in [0, 0.05) is 11.1 Å². The Balaban J connectivity index is 2.07. The molecule has 0 spiro atoms. The summed E-state index contributed by atoms with van der Waals surface area (Å²) >= 11 is 0. The largest absolute Gasteiger partial charge is 0.469 e. The Morgan fingerprint density at radius 2 is 1.72 bits per heavy atom. The molecule has 2 nitrogen and oxygen atoms in total. The van der Waals surface area contributed by atoms with Crippen LogP contribution in [0.1, 0.15) is 30.6 Å². The van der Waals surface area contributed by atoms with Gasteiger partial charge in [-0.05, 0) is 24.6 Å². The summed E-state index contributed by atoms with van der Waals surface area (Å²) in [6.07, 6.45) is 1.05. The van der Waals surface area contributed by atoms with Crippen LogP contribution in [0.5, 0.6) is 0 Å². The van der Waals surface area contributed by atoms with Crippen molar-refractivity contribution in [1.82, 2.24) is 0 Å². The lowest BCUT2D eigenvalue weighted by Gasteiger charge is -2.25. The average molecular weight is 237 g/mol. The zero-order valence-electron chi connectivity index (χ0n) is 10.3. The molecule has 1 atom stereocenters. The number of hydrogen-bond donors (Lipinski definition) is 0. The van der Waals surface area contributed by atoms with Gasteiger partial charge >= 0.3 is 0 Å². The van der Waals surface area contributed by atoms with Gasteiger partial charge in [-0.1, -0.05) is 43.3 Å². The fourth-order valence-electron chi connectivity index (χ4n) is 2.21. The van der Waals surface area contributed by atoms with E-state index < -0.39 is 0 Å². The maximum Gasteiger partial charge on any atom is 0.221 e. The molecule has 18 heavy (non-hydrogen) atoms. The van der Waals surface area contributed by atoms with Crippen molar-refractivity contribution < 1.29 is 4.74 Å². The number of aliphatic imine (C=N–C) groups is 1. The van der Waals surface area contributed by atoms with E-state index in [0.29, 0.717) is 0 Å². The van der Waals surface area contributed by atoms with Crippen LogP contribution in [0.4, 0.5) is 5.69 Å². The predicted molar refractivity (Wildman–Crippen MR) is 73.2 cm³/mol. The lowest BCUT2D eigenvalue weighted by atomic mass is 10.0. The molecule has 0 saturated carbocycles. The monoisotopic (exact) mass is 237 g/mol. The second-order valence-electron chi connectivity index (χ2n) is 4.36. The van der Waals surface area contributed by atoms with E-state index in [1.165, 1.54) is 5.56 Å². The molecule has 0 N–H and O–H groups in total. The van der Waals surface area contributed by atoms with Crippen molar-refractivity contribution >= 4 is 11.6 Å². The summed E-state index contributed by atoms with van der Waals surface area (Å²) < 4.78 is 6.00. The number of rotatable bonds is 2. The van der Waals surface area contributed by atoms with Crippen molar-refractivity contribution in [1.29, 1.82) is 0 Å². The van der Waals surface area contributed by atoms with E-state index in [4.69, 9.17) is 4.74 Å². The summed E-state index contributed by atoms with van der Waals surface area (Å²) in [4.78, 5) is 4.61. The average Bonchev–Trinajstić information content (AvgIpc) is 2.47. The van der Waals surface area contributed by atoms with Crippen molar-refractivity contribution in [2.45, 2.75) is 19.4 Å². The van der Waals surface area contributed by atoms with Crippen molar-refractivity contribution in [3.63, 3.8) is 0 Å². The molecule has 2 aromatic rings. The van der Waals surface area contributed by atoms with Crippen LogP contribution < -0.4 is 0 Å². The van der Waals surface area contributed by atoms with E-state index in [0.717, 1.165) is 23.6 Å². The highest BCUT2D eigenvalue weighted by molar-refractivity contribution is 5.97. The van der Waals surface area contributed by atoms with Gasteiger partial charge in [0.05, 0.1) is 5.69 Å². The molecule has 0 radical (unpaired) electrons. The molecule has 90 valence electrons. The van der Waals surface area contributed by atoms with Gasteiger partial charge in [0.25, 0.3) is 0 Å². The van der Waals surface area contributed by atoms with Gasteiger partial charge < -0.3 is 4.74 Å². The van der Waals surface area contributed by atoms with Gasteiger partial charge in [0.1, 0.15) is 6.10 Å². The Hall–Kier alpha value is -2.09. The standard InChI is InChI=1S/C16H15NO/c1-2-15-13-10-6-7-11-14(13)17-16(18-15)12-8-4-3-5-9-12/h3-11,15H,2H2,1H3. The molecule has 1 unspecified atom stereocenters. The number of para-hydroxylation sites is 1. The Morgan fingerprint density at radius 1 is 1.00 bits per heavy atom. The van der Waals surface area contributed by atoms with Gasteiger partial charge in [-0.15, -0.1) is 0 Å². The third-order valence-corrected chi connectivity index (χ3v) is 3.15. The van der Waals surface area contributed by atoms with Gasteiger partial charge in [-0.25, -0.2) is 4.99 Å². The van der Waals surface area contributed by atoms with Gasteiger partial charge in [-0.2, -0.15) is 0 Å². The van der Waals surface area contributed by atoms with Crippen LogP contribution in [-0.4, -0.2) is 5.90 Å². The predicted octanol–water partition coefficient (Wildman–Crippen LogP) is 4.25. The molecule has 0 aromatic heterocycles. The van der Waals surface area contributed by atoms with E-state index in [1.807, 2.05) is 48.5 Å². The maximum absolute atomic E-state index is 6.00. The number of benzene rings is 2. The first-order valence-corrected chi connectivity index (χ1v) is 6.28. The molecule has 1 aliphatic heterocycles. The molecule has 0 aliphatic carbocycles. The normalized spacial score (nSPS) is 17.6. The second kappa shape index (κ2) is 4.65. The van der Waals surface area contributed by atoms with Crippen LogP contribution in [0, 0.1) is 0 Å². The Labute approximate surface area is 107 Å². The maximum atomic E-state index is 6.00. The smallest absolute Gasteiger partial charge is 0.221 e. The third-order valence-electron chi connectivity index (χ3n) is 3.15. The zero-order chi connectivity index (χ0) is 12.4. The summed E-state index contributed by atoms with van der Waals surface area (Å²) in [6.45, 7) is 2.13. The van der Waals surface area contributed by atoms with Crippen molar-refractivity contribution in [3.05, 3.63) is 65.7 Å². The number of hydrogen-bond acceptors (Lipinski definition) is 2. The van der Waals surface area contributed by atoms with Crippen LogP contribution in [0.15, 0.2) is 59.6 Å². The summed E-state index contributed by atoms with van der Waals surface area (Å²) in [7, 11) is 0. The quantitative estimate of drug-likeness (QED) is 0.765. The van der Waals surface area contributed by atoms with Crippen LogP contribution in [-0.2, 0) is 4.74 Å². The highest BCUT2D eigenvalue weighted by atomic mass is 16.5. The lowest BCUT2D eigenvalue weighted by molar-refractivity contribution is 0.184. The molecular formula is C16H15NO. The highest BCUT2D eigenvalue weighted by Gasteiger charge is 2.22. The Kier molecular flexibility index (Phi) is 2.85. The molecule has 0 fully saturated rings. The van der Waals surface area contributed by atoms with Crippen LogP contribution >= 0.6 is 0 Å². The Morgan fingerprint density at radius 3 is 2.50 bits per heavy atom. The van der Waals surface area contributed by atoms with E-state index >= 15 is 0 Å². The second-order valence-corrected chi connectivity index (χ2v) is 4.36. The Bertz CT molecular complexity index is 575. The summed E-state index contributed by atoms with van der Waals surface area (Å²) in [5.74, 6) is 0.723. The first-order valence-electron chi connectivity index (χ1n) is 6.28. The topological polar surface area (TPSA) is 21.6 Å². The minimum atomic E-state index is 0.105. The summed E-state index contributed by atoms with van der Waals surface area (Å²) in [5, 5.41) is 0. The van der Waals surface area contributed by atoms with Crippen molar-refractivity contribution in [3.8, 4) is 0 Å². The highest BCUT2D eigenvalue weighted by Crippen LogP contribution is 2.35. The van der Waals surface area contributed by atoms with E-state index in [-0.39, 0.29) is 6.10 Å². The number of nitrogens with zero attached hydrogens (tertiary/aromatic N) is 1. The molecule has 0 saturated heterocycles. The van der Waals surface area contributed by atoms with Crippen LogP contribution in [0.25, 0.3) is 0 Å². The van der Waals surface area contributed by atoms with E-state index in [9.17, 15) is 0 Å². The molecular weight excluding hydrogens is 222 g/mol. The van der Waals surface area contributed by atoms with Gasteiger partial charge in [0.15, 0.2) is 0 Å². The number of fused-ring (bicyclic) bond motifs is 1. The molecule has 2 aromatic carbocycles. The summed E-state index contributed by atoms with van der Waals surface area (Å²) in [5.41, 5.74) is 3.24. The fraction of sp³-hybridized carbons (Fsp3) is 0.188. The van der Waals surface area contributed by atoms with Crippen molar-refractivity contribution in [2.24, 2.45) is 4.99 Å². The SMILES string of the molecule is CCC1OC(c2ccccc2)=Nc2ccccc21. The molecule has 0 amide bonds. The third kappa shape index (κ3) is 1.90. The first-order chi connectivity index (χ1) is 8.88. The van der Waals surface area contributed by atoms with Gasteiger partial charge in [-0.3, -0.25) is 0 Å². The molecule has 3 rings (SSSR count). The van der Waals surface area contributed by atoms with Crippen LogP contribution in [0.3, 0.4) is 0 Å². The van der Waals surface area contributed by atoms with E-state index in [2.05, 4.69) is 18.0 Å². The van der Waals surface area contributed by atoms with Crippen molar-refractivity contribution in [2.75, 3.05) is 0 Å². The number of ether oxygens (including phenoxy) is 1. The fourth-order valence-corrected chi connectivity index (χ4v) is 2.21. The van der Waals surface area contributed by atoms with E-state index in [1.54, 1.807) is 0 Å². The first kappa shape index (κ1) is 11.0. The molecule has 1 heterocycles. The molecule has 0 bridgehead atoms. The zero-order valence-corrected chi connectivity index (χ0v) is 10.3. The van der Waals surface area contributed by atoms with Crippen LogP contribution in [0.2, 0.25) is 0 Å². The minimum Gasteiger partial charge on any atom is -0.469 e.